The van der Waals surface area contributed by atoms with Crippen LogP contribution in [0.25, 0.3) is 0 Å². The second-order valence-electron chi connectivity index (χ2n) is 6.09. The fourth-order valence-corrected chi connectivity index (χ4v) is 2.85. The van der Waals surface area contributed by atoms with Crippen molar-refractivity contribution in [1.82, 2.24) is 0 Å². The second-order valence-corrected chi connectivity index (χ2v) is 6.09. The molecular weight excluding hydrogens is 303 g/mol. The van der Waals surface area contributed by atoms with Crippen LogP contribution in [-0.4, -0.2) is 6.36 Å². The number of nitrogens with one attached hydrogen (secondary N) is 1. The minimum absolute atomic E-state index is 0.0762. The van der Waals surface area contributed by atoms with Gasteiger partial charge in [0.15, 0.2) is 0 Å². The summed E-state index contributed by atoms with van der Waals surface area (Å²) in [5.41, 5.74) is 4.09. The maximum atomic E-state index is 12.3. The maximum absolute atomic E-state index is 12.3. The molecule has 5 heteroatoms. The van der Waals surface area contributed by atoms with Gasteiger partial charge in [-0.3, -0.25) is 0 Å². The van der Waals surface area contributed by atoms with Gasteiger partial charge in [0.25, 0.3) is 0 Å². The fourth-order valence-electron chi connectivity index (χ4n) is 2.85. The Morgan fingerprint density at radius 3 is 2.39 bits per heavy atom. The van der Waals surface area contributed by atoms with Crippen LogP contribution in [0.4, 0.5) is 18.9 Å². The highest BCUT2D eigenvalue weighted by molar-refractivity contribution is 5.60. The Labute approximate surface area is 133 Å². The van der Waals surface area contributed by atoms with Crippen molar-refractivity contribution in [3.8, 4) is 5.75 Å². The monoisotopic (exact) mass is 321 g/mol. The van der Waals surface area contributed by atoms with Gasteiger partial charge in [0.2, 0.25) is 0 Å². The highest BCUT2D eigenvalue weighted by Gasteiger charge is 2.32. The van der Waals surface area contributed by atoms with Gasteiger partial charge in [-0.2, -0.15) is 0 Å². The summed E-state index contributed by atoms with van der Waals surface area (Å²) >= 11 is 0. The van der Waals surface area contributed by atoms with Crippen molar-refractivity contribution < 1.29 is 17.9 Å². The molecule has 0 aliphatic carbocycles. The summed E-state index contributed by atoms with van der Waals surface area (Å²) in [4.78, 5) is 0. The molecule has 0 fully saturated rings. The molecule has 3 rings (SSSR count). The maximum Gasteiger partial charge on any atom is 0.573 e. The number of hydrogen-bond donors (Lipinski definition) is 1. The van der Waals surface area contributed by atoms with Gasteiger partial charge in [0.05, 0.1) is 6.04 Å². The molecule has 0 amide bonds. The van der Waals surface area contributed by atoms with E-state index in [1.165, 1.54) is 17.7 Å². The second kappa shape index (κ2) is 5.80. The van der Waals surface area contributed by atoms with Gasteiger partial charge in [-0.25, -0.2) is 0 Å². The van der Waals surface area contributed by atoms with Gasteiger partial charge in [-0.1, -0.05) is 38.1 Å². The molecule has 1 N–H and O–H groups in total. The molecule has 1 atom stereocenters. The Balaban J connectivity index is 1.76. The Hall–Kier alpha value is -2.17. The third kappa shape index (κ3) is 3.60. The van der Waals surface area contributed by atoms with E-state index in [9.17, 15) is 13.2 Å². The van der Waals surface area contributed by atoms with Gasteiger partial charge >= 0.3 is 6.36 Å². The van der Waals surface area contributed by atoms with Crippen LogP contribution in [0.3, 0.4) is 0 Å². The van der Waals surface area contributed by atoms with E-state index < -0.39 is 6.36 Å². The lowest BCUT2D eigenvalue weighted by molar-refractivity contribution is -0.274. The zero-order chi connectivity index (χ0) is 16.6. The molecule has 0 saturated carbocycles. The van der Waals surface area contributed by atoms with E-state index in [1.54, 1.807) is 6.07 Å². The molecule has 1 aliphatic heterocycles. The van der Waals surface area contributed by atoms with Crippen molar-refractivity contribution in [3.05, 3.63) is 59.2 Å². The third-order valence-electron chi connectivity index (χ3n) is 4.07. The summed E-state index contributed by atoms with van der Waals surface area (Å²) in [5, 5.41) is 3.35. The number of rotatable bonds is 3. The lowest BCUT2D eigenvalue weighted by Gasteiger charge is -2.13. The van der Waals surface area contributed by atoms with Crippen LogP contribution < -0.4 is 10.1 Å². The van der Waals surface area contributed by atoms with Crippen LogP contribution in [-0.2, 0) is 6.42 Å². The van der Waals surface area contributed by atoms with Gasteiger partial charge in [-0.15, -0.1) is 13.2 Å². The predicted molar refractivity (Wildman–Crippen MR) is 83.7 cm³/mol. The van der Waals surface area contributed by atoms with Crippen LogP contribution in [0, 0.1) is 0 Å². The van der Waals surface area contributed by atoms with E-state index in [0.29, 0.717) is 12.3 Å². The molecule has 1 unspecified atom stereocenters. The first kappa shape index (κ1) is 15.7. The molecule has 1 heterocycles. The predicted octanol–water partition coefficient (Wildman–Crippen LogP) is 5.42. The van der Waals surface area contributed by atoms with Gasteiger partial charge in [0, 0.05) is 5.69 Å². The summed E-state index contributed by atoms with van der Waals surface area (Å²) in [5.74, 6) is 0.300. The summed E-state index contributed by atoms with van der Waals surface area (Å²) in [6.45, 7) is 4.28. The van der Waals surface area contributed by atoms with Crippen LogP contribution in [0.15, 0.2) is 42.5 Å². The van der Waals surface area contributed by atoms with Crippen LogP contribution in [0.5, 0.6) is 5.75 Å². The van der Waals surface area contributed by atoms with Crippen LogP contribution >= 0.6 is 0 Å². The normalized spacial score (nSPS) is 17.0. The summed E-state index contributed by atoms with van der Waals surface area (Å²) in [6.07, 6.45) is -4.02. The number of halogens is 3. The summed E-state index contributed by atoms with van der Waals surface area (Å²) in [6, 6.07) is 12.9. The molecular formula is C18H18F3NO. The fraction of sp³-hybridized carbons (Fsp3) is 0.333. The van der Waals surface area contributed by atoms with Crippen molar-refractivity contribution in [2.75, 3.05) is 5.32 Å². The number of hydrogen-bond acceptors (Lipinski definition) is 2. The number of fused-ring (bicyclic) bond motifs is 1. The van der Waals surface area contributed by atoms with E-state index in [2.05, 4.69) is 48.2 Å². The Morgan fingerprint density at radius 2 is 1.78 bits per heavy atom. The minimum Gasteiger partial charge on any atom is -0.406 e. The van der Waals surface area contributed by atoms with E-state index in [4.69, 9.17) is 0 Å². The highest BCUT2D eigenvalue weighted by Crippen LogP contribution is 2.37. The SMILES string of the molecule is CC(C)c1ccc(C2Cc3cc(OC(F)(F)F)ccc3N2)cc1. The standard InChI is InChI=1S/C18H18F3NO/c1-11(2)12-3-5-13(6-4-12)17-10-14-9-15(23-18(19,20)21)7-8-16(14)22-17/h3-9,11,17,22H,10H2,1-2H3. The number of anilines is 1. The number of alkyl halides is 3. The first-order chi connectivity index (χ1) is 10.8. The largest absolute Gasteiger partial charge is 0.573 e. The first-order valence-corrected chi connectivity index (χ1v) is 7.57. The van der Waals surface area contributed by atoms with Crippen molar-refractivity contribution in [1.29, 1.82) is 0 Å². The van der Waals surface area contributed by atoms with Crippen molar-refractivity contribution >= 4 is 5.69 Å². The zero-order valence-electron chi connectivity index (χ0n) is 12.9. The highest BCUT2D eigenvalue weighted by atomic mass is 19.4. The third-order valence-corrected chi connectivity index (χ3v) is 4.07. The molecule has 0 spiro atoms. The lowest BCUT2D eigenvalue weighted by atomic mass is 9.98. The molecule has 23 heavy (non-hydrogen) atoms. The number of benzene rings is 2. The molecule has 0 bridgehead atoms. The van der Waals surface area contributed by atoms with E-state index >= 15 is 0 Å². The molecule has 0 saturated heterocycles. The Morgan fingerprint density at radius 1 is 1.09 bits per heavy atom. The quantitative estimate of drug-likeness (QED) is 0.815. The molecule has 2 nitrogen and oxygen atoms in total. The van der Waals surface area contributed by atoms with Crippen LogP contribution in [0.1, 0.15) is 42.5 Å². The molecule has 0 radical (unpaired) electrons. The summed E-state index contributed by atoms with van der Waals surface area (Å²) in [7, 11) is 0. The molecule has 122 valence electrons. The average molecular weight is 321 g/mol. The minimum atomic E-state index is -4.66. The zero-order valence-corrected chi connectivity index (χ0v) is 12.9. The van der Waals surface area contributed by atoms with E-state index in [1.807, 2.05) is 0 Å². The molecule has 1 aliphatic rings. The number of ether oxygens (including phenoxy) is 1. The van der Waals surface area contributed by atoms with Gasteiger partial charge in [0.1, 0.15) is 5.75 Å². The van der Waals surface area contributed by atoms with Crippen molar-refractivity contribution in [2.45, 2.75) is 38.6 Å². The van der Waals surface area contributed by atoms with Gasteiger partial charge in [-0.05, 0) is 47.2 Å². The molecule has 2 aromatic carbocycles. The first-order valence-electron chi connectivity index (χ1n) is 7.57. The lowest BCUT2D eigenvalue weighted by Crippen LogP contribution is -2.17. The smallest absolute Gasteiger partial charge is 0.406 e. The Kier molecular flexibility index (Phi) is 3.96. The van der Waals surface area contributed by atoms with Gasteiger partial charge < -0.3 is 10.1 Å². The summed E-state index contributed by atoms with van der Waals surface area (Å²) < 4.78 is 40.9. The Bertz CT molecular complexity index is 692. The molecule has 2 aromatic rings. The van der Waals surface area contributed by atoms with Crippen molar-refractivity contribution in [2.24, 2.45) is 0 Å². The van der Waals surface area contributed by atoms with Crippen LogP contribution in [0.2, 0.25) is 0 Å². The van der Waals surface area contributed by atoms with E-state index in [-0.39, 0.29) is 11.8 Å². The average Bonchev–Trinajstić information content (AvgIpc) is 2.88. The van der Waals surface area contributed by atoms with E-state index in [0.717, 1.165) is 16.8 Å². The topological polar surface area (TPSA) is 21.3 Å². The van der Waals surface area contributed by atoms with Crippen molar-refractivity contribution in [3.63, 3.8) is 0 Å². The molecule has 0 aromatic heterocycles.